The van der Waals surface area contributed by atoms with Crippen molar-refractivity contribution in [3.8, 4) is 0 Å². The molecule has 3 heteroatoms. The molecule has 0 aliphatic rings. The van der Waals surface area contributed by atoms with Crippen LogP contribution in [0.15, 0.2) is 0 Å². The van der Waals surface area contributed by atoms with Gasteiger partial charge in [0.15, 0.2) is 6.29 Å². The van der Waals surface area contributed by atoms with E-state index in [0.29, 0.717) is 11.8 Å². The molecule has 0 aliphatic carbocycles. The molecule has 0 aromatic rings. The molecule has 0 aliphatic heterocycles. The van der Waals surface area contributed by atoms with Crippen molar-refractivity contribution in [1.82, 2.24) is 0 Å². The molecule has 0 bridgehead atoms. The molecule has 0 saturated heterocycles. The first kappa shape index (κ1) is 15.2. The molecule has 0 N–H and O–H groups in total. The minimum Gasteiger partial charge on any atom is -0.356 e. The molecule has 0 saturated carbocycles. The Balaban J connectivity index is 3.97. The van der Waals surface area contributed by atoms with E-state index in [9.17, 15) is 0 Å². The molecule has 0 fully saturated rings. The quantitative estimate of drug-likeness (QED) is 0.496. The lowest BCUT2D eigenvalue weighted by molar-refractivity contribution is -0.114. The third-order valence-corrected chi connectivity index (χ3v) is 3.42. The van der Waals surface area contributed by atoms with Gasteiger partial charge in [0, 0.05) is 25.5 Å². The normalized spacial score (nSPS) is 16.8. The number of halogens is 1. The third kappa shape index (κ3) is 6.39. The highest BCUT2D eigenvalue weighted by atomic mass is 35.5. The molecule has 2 atom stereocenters. The van der Waals surface area contributed by atoms with Crippen molar-refractivity contribution in [2.24, 2.45) is 11.8 Å². The van der Waals surface area contributed by atoms with Crippen molar-refractivity contribution in [2.75, 3.05) is 14.2 Å². The largest absolute Gasteiger partial charge is 0.356 e. The van der Waals surface area contributed by atoms with Crippen LogP contribution in [0.3, 0.4) is 0 Å². The Hall–Kier alpha value is 0.210. The maximum absolute atomic E-state index is 6.27. The summed E-state index contributed by atoms with van der Waals surface area (Å²) in [5.41, 5.74) is 0. The fourth-order valence-electron chi connectivity index (χ4n) is 1.60. The van der Waals surface area contributed by atoms with Gasteiger partial charge in [-0.2, -0.15) is 0 Å². The summed E-state index contributed by atoms with van der Waals surface area (Å²) in [4.78, 5) is -0.135. The van der Waals surface area contributed by atoms with Crippen molar-refractivity contribution < 1.29 is 9.47 Å². The number of hydrogen-bond acceptors (Lipinski definition) is 2. The van der Waals surface area contributed by atoms with Gasteiger partial charge in [0.05, 0.1) is 0 Å². The van der Waals surface area contributed by atoms with Crippen LogP contribution < -0.4 is 0 Å². The van der Waals surface area contributed by atoms with E-state index in [1.165, 1.54) is 0 Å². The van der Waals surface area contributed by atoms with Crippen LogP contribution >= 0.6 is 11.6 Å². The van der Waals surface area contributed by atoms with E-state index in [-0.39, 0.29) is 11.2 Å². The molecular weight excluding hydrogens is 212 g/mol. The SMILES string of the molecule is COC(CC(C)CC(C)C(C)(C)Cl)OC. The van der Waals surface area contributed by atoms with Gasteiger partial charge in [0.2, 0.25) is 0 Å². The topological polar surface area (TPSA) is 18.5 Å². The van der Waals surface area contributed by atoms with Crippen LogP contribution in [-0.2, 0) is 9.47 Å². The van der Waals surface area contributed by atoms with Crippen LogP contribution in [0.2, 0.25) is 0 Å². The van der Waals surface area contributed by atoms with Crippen molar-refractivity contribution in [1.29, 1.82) is 0 Å². The molecule has 92 valence electrons. The van der Waals surface area contributed by atoms with Crippen LogP contribution in [0, 0.1) is 11.8 Å². The summed E-state index contributed by atoms with van der Waals surface area (Å²) in [5, 5.41) is 0. The second-order valence-electron chi connectivity index (χ2n) is 4.94. The van der Waals surface area contributed by atoms with Crippen molar-refractivity contribution in [3.05, 3.63) is 0 Å². The molecule has 0 aromatic heterocycles. The van der Waals surface area contributed by atoms with Crippen molar-refractivity contribution in [2.45, 2.75) is 51.7 Å². The first-order valence-electron chi connectivity index (χ1n) is 5.55. The van der Waals surface area contributed by atoms with E-state index in [0.717, 1.165) is 12.8 Å². The summed E-state index contributed by atoms with van der Waals surface area (Å²) in [6, 6.07) is 0. The van der Waals surface area contributed by atoms with Crippen molar-refractivity contribution >= 4 is 11.6 Å². The first-order valence-corrected chi connectivity index (χ1v) is 5.93. The van der Waals surface area contributed by atoms with Gasteiger partial charge in [-0.3, -0.25) is 0 Å². The minimum atomic E-state index is -0.135. The molecule has 15 heavy (non-hydrogen) atoms. The number of rotatable bonds is 7. The summed E-state index contributed by atoms with van der Waals surface area (Å²) < 4.78 is 10.4. The number of alkyl halides is 1. The van der Waals surface area contributed by atoms with Crippen LogP contribution in [0.4, 0.5) is 0 Å². The molecule has 2 nitrogen and oxygen atoms in total. The van der Waals surface area contributed by atoms with Gasteiger partial charge < -0.3 is 9.47 Å². The highest BCUT2D eigenvalue weighted by Crippen LogP contribution is 2.30. The number of hydrogen-bond donors (Lipinski definition) is 0. The molecular formula is C12H25ClO2. The van der Waals surface area contributed by atoms with Crippen LogP contribution in [-0.4, -0.2) is 25.4 Å². The average Bonchev–Trinajstić information content (AvgIpc) is 2.12. The Morgan fingerprint density at radius 1 is 1.07 bits per heavy atom. The zero-order chi connectivity index (χ0) is 12.1. The zero-order valence-corrected chi connectivity index (χ0v) is 11.6. The third-order valence-electron chi connectivity index (χ3n) is 3.05. The van der Waals surface area contributed by atoms with Crippen LogP contribution in [0.1, 0.15) is 40.5 Å². The van der Waals surface area contributed by atoms with Gasteiger partial charge in [-0.1, -0.05) is 13.8 Å². The van der Waals surface area contributed by atoms with E-state index < -0.39 is 0 Å². The number of methoxy groups -OCH3 is 2. The van der Waals surface area contributed by atoms with Gasteiger partial charge in [-0.15, -0.1) is 11.6 Å². The predicted molar refractivity (Wildman–Crippen MR) is 65.3 cm³/mol. The van der Waals surface area contributed by atoms with E-state index in [4.69, 9.17) is 21.1 Å². The summed E-state index contributed by atoms with van der Waals surface area (Å²) in [7, 11) is 3.35. The van der Waals surface area contributed by atoms with Crippen LogP contribution in [0.25, 0.3) is 0 Å². The maximum atomic E-state index is 6.27. The van der Waals surface area contributed by atoms with E-state index >= 15 is 0 Å². The second kappa shape index (κ2) is 6.72. The van der Waals surface area contributed by atoms with Gasteiger partial charge in [0.25, 0.3) is 0 Å². The van der Waals surface area contributed by atoms with Gasteiger partial charge in [-0.25, -0.2) is 0 Å². The van der Waals surface area contributed by atoms with E-state index in [2.05, 4.69) is 27.7 Å². The Kier molecular flexibility index (Phi) is 6.81. The Morgan fingerprint density at radius 3 is 1.87 bits per heavy atom. The fraction of sp³-hybridized carbons (Fsp3) is 1.00. The molecule has 0 spiro atoms. The summed E-state index contributed by atoms with van der Waals surface area (Å²) in [6.07, 6.45) is 1.93. The number of ether oxygens (including phenoxy) is 2. The lowest BCUT2D eigenvalue weighted by Gasteiger charge is -2.28. The summed E-state index contributed by atoms with van der Waals surface area (Å²) in [5.74, 6) is 1.05. The summed E-state index contributed by atoms with van der Waals surface area (Å²) in [6.45, 7) is 8.54. The lowest BCUT2D eigenvalue weighted by atomic mass is 9.86. The molecule has 0 heterocycles. The Labute approximate surface area is 99.3 Å². The van der Waals surface area contributed by atoms with Crippen LogP contribution in [0.5, 0.6) is 0 Å². The lowest BCUT2D eigenvalue weighted by Crippen LogP contribution is -2.25. The predicted octanol–water partition coefficient (Wildman–Crippen LogP) is 3.68. The van der Waals surface area contributed by atoms with Gasteiger partial charge >= 0.3 is 0 Å². The van der Waals surface area contributed by atoms with Gasteiger partial charge in [0.1, 0.15) is 0 Å². The average molecular weight is 237 g/mol. The molecule has 0 radical (unpaired) electrons. The van der Waals surface area contributed by atoms with E-state index in [1.807, 2.05) is 0 Å². The van der Waals surface area contributed by atoms with Gasteiger partial charge in [-0.05, 0) is 32.1 Å². The zero-order valence-electron chi connectivity index (χ0n) is 10.8. The smallest absolute Gasteiger partial charge is 0.157 e. The first-order chi connectivity index (χ1) is 6.81. The Bertz CT molecular complexity index is 161. The Morgan fingerprint density at radius 2 is 1.53 bits per heavy atom. The molecule has 2 unspecified atom stereocenters. The van der Waals surface area contributed by atoms with E-state index in [1.54, 1.807) is 14.2 Å². The summed E-state index contributed by atoms with van der Waals surface area (Å²) >= 11 is 6.27. The molecule has 0 aromatic carbocycles. The molecule has 0 amide bonds. The van der Waals surface area contributed by atoms with Crippen molar-refractivity contribution in [3.63, 3.8) is 0 Å². The standard InChI is InChI=1S/C12H25ClO2/c1-9(8-11(14-5)15-6)7-10(2)12(3,4)13/h9-11H,7-8H2,1-6H3. The fourth-order valence-corrected chi connectivity index (χ4v) is 1.69. The monoisotopic (exact) mass is 236 g/mol. The minimum absolute atomic E-state index is 0.0920. The highest BCUT2D eigenvalue weighted by molar-refractivity contribution is 6.23. The maximum Gasteiger partial charge on any atom is 0.157 e. The molecule has 0 rings (SSSR count). The highest BCUT2D eigenvalue weighted by Gasteiger charge is 2.25. The second-order valence-corrected chi connectivity index (χ2v) is 5.92.